The van der Waals surface area contributed by atoms with E-state index in [0.717, 1.165) is 25.9 Å². The molecule has 1 N–H and O–H groups in total. The van der Waals surface area contributed by atoms with Gasteiger partial charge in [0.15, 0.2) is 0 Å². The Kier molecular flexibility index (Phi) is 5.41. The van der Waals surface area contributed by atoms with E-state index in [2.05, 4.69) is 5.32 Å². The molecule has 0 aromatic carbocycles. The average Bonchev–Trinajstić information content (AvgIpc) is 2.35. The lowest BCUT2D eigenvalue weighted by Gasteiger charge is -2.29. The molecule has 0 atom stereocenters. The maximum atomic E-state index is 12.2. The second-order valence-corrected chi connectivity index (χ2v) is 4.66. The van der Waals surface area contributed by atoms with E-state index in [1.54, 1.807) is 19.0 Å². The Morgan fingerprint density at radius 2 is 1.82 bits per heavy atom. The van der Waals surface area contributed by atoms with Gasteiger partial charge in [0, 0.05) is 26.6 Å². The van der Waals surface area contributed by atoms with Crippen molar-refractivity contribution in [1.82, 2.24) is 15.1 Å². The molecule has 98 valence electrons. The number of hydrogen-bond acceptors (Lipinski definition) is 3. The maximum absolute atomic E-state index is 12.2. The summed E-state index contributed by atoms with van der Waals surface area (Å²) in [5.41, 5.74) is 0. The Balaban J connectivity index is 2.53. The first-order valence-electron chi connectivity index (χ1n) is 6.26. The number of nitrogens with one attached hydrogen (secondary N) is 1. The van der Waals surface area contributed by atoms with Gasteiger partial charge in [0.2, 0.25) is 11.8 Å². The lowest BCUT2D eigenvalue weighted by molar-refractivity contribution is -0.142. The van der Waals surface area contributed by atoms with E-state index in [0.29, 0.717) is 6.54 Å². The molecule has 0 aromatic heterocycles. The SMILES string of the molecule is CCN(CC(=O)N(C)C)C(=O)C1CCNCC1. The van der Waals surface area contributed by atoms with E-state index in [-0.39, 0.29) is 24.3 Å². The molecule has 1 heterocycles. The monoisotopic (exact) mass is 241 g/mol. The molecule has 5 heteroatoms. The first-order valence-corrected chi connectivity index (χ1v) is 6.26. The van der Waals surface area contributed by atoms with E-state index in [1.807, 2.05) is 6.92 Å². The van der Waals surface area contributed by atoms with Crippen LogP contribution >= 0.6 is 0 Å². The molecule has 1 fully saturated rings. The van der Waals surface area contributed by atoms with Crippen molar-refractivity contribution in [3.05, 3.63) is 0 Å². The van der Waals surface area contributed by atoms with Gasteiger partial charge in [-0.15, -0.1) is 0 Å². The van der Waals surface area contributed by atoms with Gasteiger partial charge in [-0.1, -0.05) is 0 Å². The van der Waals surface area contributed by atoms with Crippen molar-refractivity contribution < 1.29 is 9.59 Å². The molecule has 0 radical (unpaired) electrons. The summed E-state index contributed by atoms with van der Waals surface area (Å²) in [6.07, 6.45) is 1.76. The molecule has 0 bridgehead atoms. The van der Waals surface area contributed by atoms with Crippen molar-refractivity contribution in [2.24, 2.45) is 5.92 Å². The molecule has 0 spiro atoms. The van der Waals surface area contributed by atoms with Crippen LogP contribution in [0.15, 0.2) is 0 Å². The summed E-state index contributed by atoms with van der Waals surface area (Å²) in [7, 11) is 3.43. The molecule has 0 aromatic rings. The Bertz CT molecular complexity index is 273. The minimum atomic E-state index is -0.0193. The zero-order valence-electron chi connectivity index (χ0n) is 11.0. The molecular weight excluding hydrogens is 218 g/mol. The van der Waals surface area contributed by atoms with E-state index in [9.17, 15) is 9.59 Å². The molecule has 1 saturated heterocycles. The highest BCUT2D eigenvalue weighted by Crippen LogP contribution is 2.15. The van der Waals surface area contributed by atoms with Crippen LogP contribution in [0.2, 0.25) is 0 Å². The third kappa shape index (κ3) is 4.00. The number of amides is 2. The van der Waals surface area contributed by atoms with Crippen LogP contribution in [0.3, 0.4) is 0 Å². The summed E-state index contributed by atoms with van der Waals surface area (Å²) >= 11 is 0. The number of rotatable bonds is 4. The fourth-order valence-corrected chi connectivity index (χ4v) is 1.98. The van der Waals surface area contributed by atoms with E-state index < -0.39 is 0 Å². The third-order valence-corrected chi connectivity index (χ3v) is 3.21. The Morgan fingerprint density at radius 3 is 2.29 bits per heavy atom. The molecule has 1 aliphatic heterocycles. The summed E-state index contributed by atoms with van der Waals surface area (Å²) < 4.78 is 0. The van der Waals surface area contributed by atoms with Crippen molar-refractivity contribution in [3.8, 4) is 0 Å². The van der Waals surface area contributed by atoms with Crippen LogP contribution in [-0.4, -0.2) is 61.9 Å². The third-order valence-electron chi connectivity index (χ3n) is 3.21. The second-order valence-electron chi connectivity index (χ2n) is 4.66. The van der Waals surface area contributed by atoms with Gasteiger partial charge in [-0.05, 0) is 32.9 Å². The molecule has 0 unspecified atom stereocenters. The summed E-state index contributed by atoms with van der Waals surface area (Å²) in [6, 6.07) is 0. The lowest BCUT2D eigenvalue weighted by atomic mass is 9.96. The zero-order chi connectivity index (χ0) is 12.8. The van der Waals surface area contributed by atoms with Gasteiger partial charge < -0.3 is 15.1 Å². The molecule has 1 aliphatic rings. The van der Waals surface area contributed by atoms with Crippen molar-refractivity contribution >= 4 is 11.8 Å². The van der Waals surface area contributed by atoms with Gasteiger partial charge >= 0.3 is 0 Å². The van der Waals surface area contributed by atoms with Crippen LogP contribution in [-0.2, 0) is 9.59 Å². The molecular formula is C12H23N3O2. The predicted molar refractivity (Wildman–Crippen MR) is 66.5 cm³/mol. The largest absolute Gasteiger partial charge is 0.347 e. The molecule has 0 saturated carbocycles. The van der Waals surface area contributed by atoms with Crippen molar-refractivity contribution in [3.63, 3.8) is 0 Å². The minimum Gasteiger partial charge on any atom is -0.347 e. The second kappa shape index (κ2) is 6.59. The topological polar surface area (TPSA) is 52.7 Å². The summed E-state index contributed by atoms with van der Waals surface area (Å²) in [5.74, 6) is 0.199. The number of likely N-dealkylation sites (N-methyl/N-ethyl adjacent to an activating group) is 2. The fraction of sp³-hybridized carbons (Fsp3) is 0.833. The highest BCUT2D eigenvalue weighted by molar-refractivity contribution is 5.85. The van der Waals surface area contributed by atoms with Crippen molar-refractivity contribution in [1.29, 1.82) is 0 Å². The van der Waals surface area contributed by atoms with Gasteiger partial charge in [-0.3, -0.25) is 9.59 Å². The maximum Gasteiger partial charge on any atom is 0.241 e. The first-order chi connectivity index (χ1) is 8.06. The average molecular weight is 241 g/mol. The van der Waals surface area contributed by atoms with Gasteiger partial charge in [-0.2, -0.15) is 0 Å². The van der Waals surface area contributed by atoms with Crippen molar-refractivity contribution in [2.45, 2.75) is 19.8 Å². The van der Waals surface area contributed by atoms with Crippen LogP contribution in [0.1, 0.15) is 19.8 Å². The van der Waals surface area contributed by atoms with Gasteiger partial charge in [0.05, 0.1) is 6.54 Å². The van der Waals surface area contributed by atoms with E-state index in [4.69, 9.17) is 0 Å². The van der Waals surface area contributed by atoms with Gasteiger partial charge in [0.1, 0.15) is 0 Å². The molecule has 17 heavy (non-hydrogen) atoms. The number of nitrogens with zero attached hydrogens (tertiary/aromatic N) is 2. The molecule has 2 amide bonds. The fourth-order valence-electron chi connectivity index (χ4n) is 1.98. The number of hydrogen-bond donors (Lipinski definition) is 1. The standard InChI is InChI=1S/C12H23N3O2/c1-4-15(9-11(16)14(2)3)12(17)10-5-7-13-8-6-10/h10,13H,4-9H2,1-3H3. The van der Waals surface area contributed by atoms with Crippen LogP contribution in [0.25, 0.3) is 0 Å². The minimum absolute atomic E-state index is 0.0193. The predicted octanol–water partition coefficient (Wildman–Crippen LogP) is -0.0773. The Hall–Kier alpha value is -1.10. The van der Waals surface area contributed by atoms with Crippen LogP contribution in [0.4, 0.5) is 0 Å². The lowest BCUT2D eigenvalue weighted by Crippen LogP contribution is -2.45. The number of piperidine rings is 1. The summed E-state index contributed by atoms with van der Waals surface area (Å²) in [5, 5.41) is 3.24. The number of carbonyl (C=O) groups excluding carboxylic acids is 2. The van der Waals surface area contributed by atoms with Crippen LogP contribution in [0.5, 0.6) is 0 Å². The molecule has 0 aliphatic carbocycles. The molecule has 5 nitrogen and oxygen atoms in total. The Morgan fingerprint density at radius 1 is 1.24 bits per heavy atom. The normalized spacial score (nSPS) is 16.6. The quantitative estimate of drug-likeness (QED) is 0.749. The van der Waals surface area contributed by atoms with Gasteiger partial charge in [0.25, 0.3) is 0 Å². The summed E-state index contributed by atoms with van der Waals surface area (Å²) in [6.45, 7) is 4.52. The zero-order valence-corrected chi connectivity index (χ0v) is 11.0. The van der Waals surface area contributed by atoms with Gasteiger partial charge in [-0.25, -0.2) is 0 Å². The number of carbonyl (C=O) groups is 2. The highest BCUT2D eigenvalue weighted by atomic mass is 16.2. The molecule has 1 rings (SSSR count). The van der Waals surface area contributed by atoms with Crippen LogP contribution < -0.4 is 5.32 Å². The van der Waals surface area contributed by atoms with E-state index >= 15 is 0 Å². The summed E-state index contributed by atoms with van der Waals surface area (Å²) in [4.78, 5) is 27.0. The van der Waals surface area contributed by atoms with Crippen molar-refractivity contribution in [2.75, 3.05) is 40.3 Å². The van der Waals surface area contributed by atoms with Crippen LogP contribution in [0, 0.1) is 5.92 Å². The van der Waals surface area contributed by atoms with E-state index in [1.165, 1.54) is 4.90 Å². The smallest absolute Gasteiger partial charge is 0.241 e. The first kappa shape index (κ1) is 14.0. The highest BCUT2D eigenvalue weighted by Gasteiger charge is 2.26. The Labute approximate surface area is 103 Å².